The second-order valence-electron chi connectivity index (χ2n) is 11.8. The fraction of sp³-hybridized carbons (Fsp3) is 0.469. The quantitative estimate of drug-likeness (QED) is 0.0963. The van der Waals surface area contributed by atoms with Crippen LogP contribution in [0.2, 0.25) is 0 Å². The second kappa shape index (κ2) is 12.8. The maximum atomic E-state index is 13.8. The van der Waals surface area contributed by atoms with Crippen LogP contribution in [0.15, 0.2) is 55.1 Å². The number of carbonyl (C=O) groups excluding carboxylic acids is 3. The molecule has 3 aliphatic carbocycles. The summed E-state index contributed by atoms with van der Waals surface area (Å²) in [5.41, 5.74) is 0.590. The van der Waals surface area contributed by atoms with Crippen LogP contribution >= 0.6 is 0 Å². The summed E-state index contributed by atoms with van der Waals surface area (Å²) in [5.74, 6) is -2.90. The Morgan fingerprint density at radius 2 is 1.44 bits per heavy atom. The highest BCUT2D eigenvalue weighted by Gasteiger charge is 2.62. The maximum Gasteiger partial charge on any atom is 0.277 e. The molecule has 1 aliphatic heterocycles. The van der Waals surface area contributed by atoms with E-state index in [-0.39, 0.29) is 23.3 Å². The largest absolute Gasteiger partial charge is 0.349 e. The van der Waals surface area contributed by atoms with E-state index in [0.29, 0.717) is 13.0 Å². The van der Waals surface area contributed by atoms with Gasteiger partial charge in [-0.15, -0.1) is 6.58 Å². The van der Waals surface area contributed by atoms with Crippen molar-refractivity contribution in [3.05, 3.63) is 92.0 Å². The number of nitro benzene ring substituents is 2. The molecular weight excluding hydrogens is 552 g/mol. The Kier molecular flexibility index (Phi) is 8.98. The van der Waals surface area contributed by atoms with Crippen molar-refractivity contribution in [1.29, 1.82) is 0 Å². The highest BCUT2D eigenvalue weighted by Crippen LogP contribution is 2.58. The number of nitrogens with zero attached hydrogens (tertiary/aromatic N) is 3. The van der Waals surface area contributed by atoms with E-state index in [0.717, 1.165) is 74.3 Å². The summed E-state index contributed by atoms with van der Waals surface area (Å²) in [5, 5.41) is 25.6. The first-order valence-corrected chi connectivity index (χ1v) is 15.0. The third-order valence-corrected chi connectivity index (χ3v) is 9.20. The average molecular weight is 589 g/mol. The Balaban J connectivity index is 1.31. The standard InChI is InChI=1S/C32H36N4O7/c1-2-3-4-5-6-7-8-9-12-15-34-31(38)28-25-19-26(27(29(28)32(34)39)24-14-11-10-13-23(24)25)33-30(37)20-16-21(35(40)41)18-22(17-20)36(42)43/h2,10-11,13-14,16-18,25-29H,1,3-9,12,15,19H2,(H,33,37)/t25-,26-,27-,28+,29-/m0/s1. The fourth-order valence-electron chi connectivity index (χ4n) is 7.28. The Labute approximate surface area is 249 Å². The van der Waals surface area contributed by atoms with Gasteiger partial charge in [0.05, 0.1) is 33.3 Å². The van der Waals surface area contributed by atoms with Gasteiger partial charge in [0.25, 0.3) is 17.3 Å². The minimum atomic E-state index is -0.783. The van der Waals surface area contributed by atoms with E-state index in [9.17, 15) is 34.6 Å². The van der Waals surface area contributed by atoms with E-state index in [1.54, 1.807) is 0 Å². The highest BCUT2D eigenvalue weighted by molar-refractivity contribution is 6.07. The number of imide groups is 1. The predicted octanol–water partition coefficient (Wildman–Crippen LogP) is 5.79. The number of benzene rings is 2. The number of fused-ring (bicyclic) bond motifs is 1. The van der Waals surface area contributed by atoms with Crippen LogP contribution in [0.5, 0.6) is 0 Å². The normalized spacial score (nSPS) is 23.5. The van der Waals surface area contributed by atoms with Crippen molar-refractivity contribution in [1.82, 2.24) is 10.2 Å². The SMILES string of the molecule is C=CCCCCCCCCCN1C(=O)[C@@H]2[C@H](C1=O)[C@H]1C[C@H](NC(=O)c3cc([N+](=O)[O-])cc([N+](=O)[O-])c3)[C@@H]2c2ccccc21. The molecule has 3 amide bonds. The molecule has 226 valence electrons. The van der Waals surface area contributed by atoms with Crippen LogP contribution in [0.1, 0.15) is 91.1 Å². The van der Waals surface area contributed by atoms with Crippen LogP contribution < -0.4 is 5.32 Å². The molecule has 2 fully saturated rings. The lowest BCUT2D eigenvalue weighted by atomic mass is 9.55. The van der Waals surface area contributed by atoms with Gasteiger partial charge in [-0.3, -0.25) is 39.5 Å². The van der Waals surface area contributed by atoms with Crippen molar-refractivity contribution in [2.75, 3.05) is 6.54 Å². The number of allylic oxidation sites excluding steroid dienone is 1. The lowest BCUT2D eigenvalue weighted by Gasteiger charge is -2.49. The van der Waals surface area contributed by atoms with E-state index >= 15 is 0 Å². The van der Waals surface area contributed by atoms with Gasteiger partial charge in [-0.1, -0.05) is 62.4 Å². The Hall–Kier alpha value is -4.41. The molecule has 2 aromatic carbocycles. The van der Waals surface area contributed by atoms with Gasteiger partial charge < -0.3 is 5.32 Å². The predicted molar refractivity (Wildman–Crippen MR) is 158 cm³/mol. The van der Waals surface area contributed by atoms with E-state index in [4.69, 9.17) is 0 Å². The molecule has 0 aromatic heterocycles. The minimum Gasteiger partial charge on any atom is -0.349 e. The second-order valence-corrected chi connectivity index (χ2v) is 11.8. The van der Waals surface area contributed by atoms with Gasteiger partial charge >= 0.3 is 0 Å². The molecule has 2 aromatic rings. The summed E-state index contributed by atoms with van der Waals surface area (Å²) in [4.78, 5) is 63.3. The van der Waals surface area contributed by atoms with Crippen molar-refractivity contribution >= 4 is 29.1 Å². The first kappa shape index (κ1) is 30.1. The topological polar surface area (TPSA) is 153 Å². The molecule has 4 aliphatic rings. The number of rotatable bonds is 14. The van der Waals surface area contributed by atoms with Gasteiger partial charge in [0.2, 0.25) is 11.8 Å². The lowest BCUT2D eigenvalue weighted by Crippen LogP contribution is -2.53. The van der Waals surface area contributed by atoms with Gasteiger partial charge in [0, 0.05) is 30.6 Å². The van der Waals surface area contributed by atoms with Crippen LogP contribution in [0.3, 0.4) is 0 Å². The molecule has 0 radical (unpaired) electrons. The van der Waals surface area contributed by atoms with Crippen molar-refractivity contribution in [2.24, 2.45) is 11.8 Å². The molecule has 0 unspecified atom stereocenters. The number of nitro groups is 2. The van der Waals surface area contributed by atoms with E-state index < -0.39 is 50.9 Å². The fourth-order valence-corrected chi connectivity index (χ4v) is 7.28. The van der Waals surface area contributed by atoms with Crippen LogP contribution in [0, 0.1) is 32.1 Å². The van der Waals surface area contributed by atoms with Crippen LogP contribution in [-0.2, 0) is 9.59 Å². The van der Waals surface area contributed by atoms with Gasteiger partial charge in [-0.2, -0.15) is 0 Å². The first-order valence-electron chi connectivity index (χ1n) is 15.0. The number of hydrogen-bond acceptors (Lipinski definition) is 7. The Morgan fingerprint density at radius 1 is 0.860 bits per heavy atom. The summed E-state index contributed by atoms with van der Waals surface area (Å²) >= 11 is 0. The van der Waals surface area contributed by atoms with Gasteiger partial charge in [0.1, 0.15) is 0 Å². The zero-order valence-corrected chi connectivity index (χ0v) is 24.0. The molecule has 0 spiro atoms. The maximum absolute atomic E-state index is 13.8. The van der Waals surface area contributed by atoms with Crippen LogP contribution in [0.4, 0.5) is 11.4 Å². The summed E-state index contributed by atoms with van der Waals surface area (Å²) in [6.45, 7) is 4.13. The first-order chi connectivity index (χ1) is 20.7. The molecule has 11 heteroatoms. The number of carbonyl (C=O) groups is 3. The molecule has 6 rings (SSSR count). The monoisotopic (exact) mass is 588 g/mol. The van der Waals surface area contributed by atoms with E-state index in [1.807, 2.05) is 30.3 Å². The number of likely N-dealkylation sites (tertiary alicyclic amines) is 1. The van der Waals surface area contributed by atoms with Crippen molar-refractivity contribution < 1.29 is 24.2 Å². The third kappa shape index (κ3) is 5.93. The molecule has 1 N–H and O–H groups in total. The highest BCUT2D eigenvalue weighted by atomic mass is 16.6. The molecule has 43 heavy (non-hydrogen) atoms. The molecule has 2 bridgehead atoms. The summed E-state index contributed by atoms with van der Waals surface area (Å²) in [6, 6.07) is 9.97. The molecule has 1 heterocycles. The van der Waals surface area contributed by atoms with Crippen molar-refractivity contribution in [3.63, 3.8) is 0 Å². The molecule has 1 saturated heterocycles. The van der Waals surface area contributed by atoms with Gasteiger partial charge in [-0.05, 0) is 42.7 Å². The third-order valence-electron chi connectivity index (χ3n) is 9.20. The zero-order valence-electron chi connectivity index (χ0n) is 24.0. The molecular formula is C32H36N4O7. The smallest absolute Gasteiger partial charge is 0.277 e. The zero-order chi connectivity index (χ0) is 30.7. The lowest BCUT2D eigenvalue weighted by molar-refractivity contribution is -0.394. The van der Waals surface area contributed by atoms with E-state index in [2.05, 4.69) is 11.9 Å². The average Bonchev–Trinajstić information content (AvgIpc) is 3.26. The Morgan fingerprint density at radius 3 is 2.07 bits per heavy atom. The molecule has 1 saturated carbocycles. The van der Waals surface area contributed by atoms with Crippen LogP contribution in [0.25, 0.3) is 0 Å². The molecule has 5 atom stereocenters. The van der Waals surface area contributed by atoms with Crippen LogP contribution in [-0.4, -0.2) is 45.1 Å². The van der Waals surface area contributed by atoms with Crippen molar-refractivity contribution in [2.45, 2.75) is 75.7 Å². The summed E-state index contributed by atoms with van der Waals surface area (Å²) in [6.07, 6.45) is 10.8. The number of hydrogen-bond donors (Lipinski definition) is 1. The van der Waals surface area contributed by atoms with Crippen molar-refractivity contribution in [3.8, 4) is 0 Å². The summed E-state index contributed by atoms with van der Waals surface area (Å²) in [7, 11) is 0. The van der Waals surface area contributed by atoms with Gasteiger partial charge in [0.15, 0.2) is 0 Å². The Bertz CT molecular complexity index is 1420. The number of unbranched alkanes of at least 4 members (excludes halogenated alkanes) is 7. The number of non-ortho nitro benzene ring substituents is 2. The number of amides is 3. The van der Waals surface area contributed by atoms with Gasteiger partial charge in [-0.25, -0.2) is 0 Å². The molecule has 11 nitrogen and oxygen atoms in total. The number of nitrogens with one attached hydrogen (secondary N) is 1. The minimum absolute atomic E-state index is 0.150. The van der Waals surface area contributed by atoms with E-state index in [1.165, 1.54) is 11.3 Å². The summed E-state index contributed by atoms with van der Waals surface area (Å²) < 4.78 is 0.